The van der Waals surface area contributed by atoms with Crippen LogP contribution in [0.3, 0.4) is 0 Å². The number of benzene rings is 1. The zero-order valence-corrected chi connectivity index (χ0v) is 12.0. The fourth-order valence-electron chi connectivity index (χ4n) is 1.52. The second-order valence-electron chi connectivity index (χ2n) is 4.15. The van der Waals surface area contributed by atoms with E-state index >= 15 is 0 Å². The molecule has 21 heavy (non-hydrogen) atoms. The lowest BCUT2D eigenvalue weighted by molar-refractivity contribution is -0.111. The fraction of sp³-hybridized carbons (Fsp3) is 0.0769. The predicted molar refractivity (Wildman–Crippen MR) is 77.3 cm³/mol. The number of sulfonamides is 1. The Morgan fingerprint density at radius 2 is 2.00 bits per heavy atom. The van der Waals surface area contributed by atoms with Crippen molar-refractivity contribution in [2.24, 2.45) is 0 Å². The maximum atomic E-state index is 12.1. The summed E-state index contributed by atoms with van der Waals surface area (Å²) in [6.07, 6.45) is 1.12. The summed E-state index contributed by atoms with van der Waals surface area (Å²) in [7, 11) is -3.76. The molecule has 0 bridgehead atoms. The molecule has 8 heteroatoms. The van der Waals surface area contributed by atoms with E-state index in [1.54, 1.807) is 6.92 Å². The second-order valence-corrected chi connectivity index (χ2v) is 5.83. The van der Waals surface area contributed by atoms with E-state index in [9.17, 15) is 13.2 Å². The van der Waals surface area contributed by atoms with Gasteiger partial charge < -0.3 is 9.84 Å². The second kappa shape index (κ2) is 5.80. The lowest BCUT2D eigenvalue weighted by Gasteiger charge is -2.06. The van der Waals surface area contributed by atoms with Crippen LogP contribution in [0.4, 0.5) is 11.5 Å². The van der Waals surface area contributed by atoms with Gasteiger partial charge in [-0.05, 0) is 37.3 Å². The van der Waals surface area contributed by atoms with Crippen molar-refractivity contribution in [3.63, 3.8) is 0 Å². The molecule has 0 saturated carbocycles. The molecule has 1 heterocycles. The Balaban J connectivity index is 2.17. The van der Waals surface area contributed by atoms with Crippen molar-refractivity contribution in [1.29, 1.82) is 0 Å². The van der Waals surface area contributed by atoms with Crippen LogP contribution in [-0.2, 0) is 14.8 Å². The van der Waals surface area contributed by atoms with Crippen LogP contribution in [0.5, 0.6) is 0 Å². The average molecular weight is 307 g/mol. The monoisotopic (exact) mass is 307 g/mol. The Morgan fingerprint density at radius 1 is 1.33 bits per heavy atom. The van der Waals surface area contributed by atoms with Crippen LogP contribution in [0, 0.1) is 6.92 Å². The van der Waals surface area contributed by atoms with Crippen molar-refractivity contribution in [2.45, 2.75) is 11.8 Å². The first kappa shape index (κ1) is 14.8. The van der Waals surface area contributed by atoms with E-state index in [4.69, 9.17) is 4.52 Å². The maximum absolute atomic E-state index is 12.1. The first-order valence-electron chi connectivity index (χ1n) is 5.90. The first-order chi connectivity index (χ1) is 9.90. The number of rotatable bonds is 5. The first-order valence-corrected chi connectivity index (χ1v) is 7.38. The number of nitrogens with one attached hydrogen (secondary N) is 2. The van der Waals surface area contributed by atoms with E-state index in [0.29, 0.717) is 11.4 Å². The normalized spacial score (nSPS) is 10.9. The van der Waals surface area contributed by atoms with Crippen LogP contribution in [-0.4, -0.2) is 19.5 Å². The maximum Gasteiger partial charge on any atom is 0.263 e. The lowest BCUT2D eigenvalue weighted by atomic mass is 10.3. The molecular formula is C13H13N3O4S. The molecule has 0 aliphatic rings. The Labute approximate surface area is 121 Å². The predicted octanol–water partition coefficient (Wildman–Crippen LogP) is 1.91. The van der Waals surface area contributed by atoms with Crippen molar-refractivity contribution in [1.82, 2.24) is 5.16 Å². The van der Waals surface area contributed by atoms with Crippen molar-refractivity contribution in [3.05, 3.63) is 48.7 Å². The third-order valence-electron chi connectivity index (χ3n) is 2.48. The highest BCUT2D eigenvalue weighted by Crippen LogP contribution is 2.18. The van der Waals surface area contributed by atoms with E-state index in [0.717, 1.165) is 6.08 Å². The minimum Gasteiger partial charge on any atom is -0.360 e. The quantitative estimate of drug-likeness (QED) is 0.822. The van der Waals surface area contributed by atoms with Crippen LogP contribution < -0.4 is 10.0 Å². The molecule has 0 radical (unpaired) electrons. The average Bonchev–Trinajstić information content (AvgIpc) is 2.83. The van der Waals surface area contributed by atoms with E-state index in [1.165, 1.54) is 30.3 Å². The summed E-state index contributed by atoms with van der Waals surface area (Å²) < 4.78 is 31.3. The van der Waals surface area contributed by atoms with Gasteiger partial charge in [0.2, 0.25) is 5.91 Å². The van der Waals surface area contributed by atoms with Crippen LogP contribution in [0.2, 0.25) is 0 Å². The standard InChI is InChI=1S/C13H13N3O4S/c1-3-13(17)14-10-4-6-11(7-5-10)21(18,19)16-12-8-9(2)20-15-12/h3-8H,1H2,2H3,(H,14,17)(H,15,16). The lowest BCUT2D eigenvalue weighted by Crippen LogP contribution is -2.13. The molecule has 0 unspecified atom stereocenters. The van der Waals surface area contributed by atoms with Gasteiger partial charge in [-0.15, -0.1) is 0 Å². The van der Waals surface area contributed by atoms with Gasteiger partial charge in [0.15, 0.2) is 5.82 Å². The van der Waals surface area contributed by atoms with Gasteiger partial charge in [0.1, 0.15) is 5.76 Å². The number of anilines is 2. The Kier molecular flexibility index (Phi) is 4.08. The largest absolute Gasteiger partial charge is 0.360 e. The van der Waals surface area contributed by atoms with Gasteiger partial charge in [0.05, 0.1) is 4.90 Å². The molecule has 2 aromatic rings. The Bertz CT molecular complexity index is 763. The summed E-state index contributed by atoms with van der Waals surface area (Å²) in [5.74, 6) is 0.230. The number of aryl methyl sites for hydroxylation is 1. The summed E-state index contributed by atoms with van der Waals surface area (Å²) >= 11 is 0. The molecule has 110 valence electrons. The minimum atomic E-state index is -3.76. The van der Waals surface area contributed by atoms with Crippen molar-refractivity contribution in [2.75, 3.05) is 10.0 Å². The summed E-state index contributed by atoms with van der Waals surface area (Å²) in [4.78, 5) is 11.2. The zero-order chi connectivity index (χ0) is 15.5. The van der Waals surface area contributed by atoms with Gasteiger partial charge >= 0.3 is 0 Å². The van der Waals surface area contributed by atoms with E-state index in [1.807, 2.05) is 0 Å². The molecule has 1 aromatic heterocycles. The third kappa shape index (κ3) is 3.69. The van der Waals surface area contributed by atoms with Crippen LogP contribution in [0.1, 0.15) is 5.76 Å². The molecular weight excluding hydrogens is 294 g/mol. The molecule has 0 aliphatic heterocycles. The number of nitrogens with zero attached hydrogens (tertiary/aromatic N) is 1. The molecule has 0 fully saturated rings. The molecule has 2 rings (SSSR count). The van der Waals surface area contributed by atoms with Crippen molar-refractivity contribution >= 4 is 27.4 Å². The van der Waals surface area contributed by atoms with Gasteiger partial charge in [-0.2, -0.15) is 0 Å². The molecule has 0 saturated heterocycles. The van der Waals surface area contributed by atoms with E-state index in [-0.39, 0.29) is 16.6 Å². The van der Waals surface area contributed by atoms with Gasteiger partial charge in [-0.25, -0.2) is 8.42 Å². The van der Waals surface area contributed by atoms with E-state index in [2.05, 4.69) is 21.8 Å². The van der Waals surface area contributed by atoms with Gasteiger partial charge in [0, 0.05) is 11.8 Å². The van der Waals surface area contributed by atoms with Crippen LogP contribution in [0.15, 0.2) is 52.4 Å². The molecule has 0 atom stereocenters. The number of amides is 1. The third-order valence-corrected chi connectivity index (χ3v) is 3.86. The zero-order valence-electron chi connectivity index (χ0n) is 11.2. The smallest absolute Gasteiger partial charge is 0.263 e. The van der Waals surface area contributed by atoms with Gasteiger partial charge in [0.25, 0.3) is 10.0 Å². The molecule has 0 aliphatic carbocycles. The molecule has 2 N–H and O–H groups in total. The highest BCUT2D eigenvalue weighted by molar-refractivity contribution is 7.92. The fourth-order valence-corrected chi connectivity index (χ4v) is 2.51. The highest BCUT2D eigenvalue weighted by Gasteiger charge is 2.16. The van der Waals surface area contributed by atoms with Gasteiger partial charge in [-0.1, -0.05) is 11.7 Å². The Morgan fingerprint density at radius 3 is 2.52 bits per heavy atom. The number of hydrogen-bond acceptors (Lipinski definition) is 5. The number of hydrogen-bond donors (Lipinski definition) is 2. The molecule has 1 aromatic carbocycles. The van der Waals surface area contributed by atoms with Crippen LogP contribution in [0.25, 0.3) is 0 Å². The topological polar surface area (TPSA) is 101 Å². The van der Waals surface area contributed by atoms with Gasteiger partial charge in [-0.3, -0.25) is 9.52 Å². The number of carbonyl (C=O) groups is 1. The minimum absolute atomic E-state index is 0.0414. The Hall–Kier alpha value is -2.61. The number of aromatic nitrogens is 1. The van der Waals surface area contributed by atoms with Crippen molar-refractivity contribution < 1.29 is 17.7 Å². The molecule has 1 amide bonds. The summed E-state index contributed by atoms with van der Waals surface area (Å²) in [5, 5.41) is 6.08. The van der Waals surface area contributed by atoms with E-state index < -0.39 is 10.0 Å². The summed E-state index contributed by atoms with van der Waals surface area (Å²) in [5.41, 5.74) is 0.469. The molecule has 7 nitrogen and oxygen atoms in total. The molecule has 0 spiro atoms. The number of carbonyl (C=O) groups excluding carboxylic acids is 1. The SMILES string of the molecule is C=CC(=O)Nc1ccc(S(=O)(=O)Nc2cc(C)on2)cc1. The summed E-state index contributed by atoms with van der Waals surface area (Å²) in [6, 6.07) is 7.16. The highest BCUT2D eigenvalue weighted by atomic mass is 32.2. The van der Waals surface area contributed by atoms with Crippen molar-refractivity contribution in [3.8, 4) is 0 Å². The summed E-state index contributed by atoms with van der Waals surface area (Å²) in [6.45, 7) is 4.98. The van der Waals surface area contributed by atoms with Crippen LogP contribution >= 0.6 is 0 Å².